The smallest absolute Gasteiger partial charge is 0.160 e. The minimum atomic E-state index is -0.0768. The van der Waals surface area contributed by atoms with Crippen molar-refractivity contribution in [2.75, 3.05) is 0 Å². The van der Waals surface area contributed by atoms with Gasteiger partial charge in [-0.3, -0.25) is 4.79 Å². The van der Waals surface area contributed by atoms with E-state index < -0.39 is 0 Å². The third kappa shape index (κ3) is 5.87. The Morgan fingerprint density at radius 2 is 1.44 bits per heavy atom. The lowest BCUT2D eigenvalue weighted by Crippen LogP contribution is -2.23. The van der Waals surface area contributed by atoms with E-state index in [2.05, 4.69) is 71.9 Å². The van der Waals surface area contributed by atoms with Crippen LogP contribution in [0.15, 0.2) is 66.7 Å². The molecule has 0 aliphatic carbocycles. The summed E-state index contributed by atoms with van der Waals surface area (Å²) in [6, 6.07) is 22.8. The van der Waals surface area contributed by atoms with Gasteiger partial charge >= 0.3 is 0 Å². The highest BCUT2D eigenvalue weighted by molar-refractivity contribution is 7.56. The second-order valence-electron chi connectivity index (χ2n) is 10.4. The fraction of sp³-hybridized carbons (Fsp3) is 0.345. The number of benzene rings is 3. The summed E-state index contributed by atoms with van der Waals surface area (Å²) >= 11 is 0. The molecule has 0 N–H and O–H groups in total. The van der Waals surface area contributed by atoms with Crippen molar-refractivity contribution in [1.29, 1.82) is 0 Å². The molecule has 1 atom stereocenters. The molecule has 3 heteroatoms. The van der Waals surface area contributed by atoms with E-state index in [9.17, 15) is 4.79 Å². The quantitative estimate of drug-likeness (QED) is 0.311. The molecular formula is C29H35O2P. The van der Waals surface area contributed by atoms with Gasteiger partial charge in [-0.1, -0.05) is 111 Å². The Morgan fingerprint density at radius 3 is 2.03 bits per heavy atom. The molecule has 0 aromatic heterocycles. The van der Waals surface area contributed by atoms with Gasteiger partial charge in [0.2, 0.25) is 0 Å². The highest BCUT2D eigenvalue weighted by Gasteiger charge is 2.26. The van der Waals surface area contributed by atoms with Gasteiger partial charge in [-0.2, -0.15) is 0 Å². The highest BCUT2D eigenvalue weighted by atomic mass is 31.1. The molecule has 0 aliphatic rings. The molecule has 0 amide bonds. The van der Waals surface area contributed by atoms with Crippen LogP contribution in [0.1, 0.15) is 75.5 Å². The molecular weight excluding hydrogens is 411 g/mol. The first kappa shape index (κ1) is 24.2. The molecule has 168 valence electrons. The van der Waals surface area contributed by atoms with Gasteiger partial charge in [0.25, 0.3) is 0 Å². The molecule has 0 saturated carbocycles. The van der Waals surface area contributed by atoms with Gasteiger partial charge in [0.15, 0.2) is 5.78 Å². The van der Waals surface area contributed by atoms with Crippen LogP contribution in [-0.2, 0) is 17.4 Å². The number of carbonyl (C=O) groups excluding carboxylic acids is 1. The SMILES string of the molecule is CC(=O)c1ccccc1Pc1cc(C(C)(C)C)cc(C(C)(C)C)c1OCc1ccccc1. The third-order valence-corrected chi connectivity index (χ3v) is 6.91. The van der Waals surface area contributed by atoms with Gasteiger partial charge in [0.05, 0.1) is 0 Å². The Labute approximate surface area is 195 Å². The largest absolute Gasteiger partial charge is 0.488 e. The van der Waals surface area contributed by atoms with Gasteiger partial charge in [0.1, 0.15) is 12.4 Å². The highest BCUT2D eigenvalue weighted by Crippen LogP contribution is 2.37. The second-order valence-corrected chi connectivity index (χ2v) is 11.7. The van der Waals surface area contributed by atoms with Crippen molar-refractivity contribution in [2.24, 2.45) is 0 Å². The lowest BCUT2D eigenvalue weighted by Gasteiger charge is -2.29. The fourth-order valence-corrected chi connectivity index (χ4v) is 5.05. The predicted molar refractivity (Wildman–Crippen MR) is 139 cm³/mol. The van der Waals surface area contributed by atoms with Crippen molar-refractivity contribution in [2.45, 2.75) is 65.9 Å². The maximum atomic E-state index is 12.3. The van der Waals surface area contributed by atoms with E-state index in [1.54, 1.807) is 6.92 Å². The van der Waals surface area contributed by atoms with E-state index in [0.29, 0.717) is 15.2 Å². The first-order chi connectivity index (χ1) is 15.0. The minimum Gasteiger partial charge on any atom is -0.488 e. The maximum Gasteiger partial charge on any atom is 0.160 e. The average molecular weight is 447 g/mol. The lowest BCUT2D eigenvalue weighted by molar-refractivity contribution is 0.101. The van der Waals surface area contributed by atoms with Crippen LogP contribution in [0.4, 0.5) is 0 Å². The molecule has 0 radical (unpaired) electrons. The summed E-state index contributed by atoms with van der Waals surface area (Å²) in [5, 5.41) is 2.22. The minimum absolute atomic E-state index is 0.0112. The Hall–Kier alpha value is -2.44. The van der Waals surface area contributed by atoms with Gasteiger partial charge in [-0.15, -0.1) is 0 Å². The number of hydrogen-bond acceptors (Lipinski definition) is 2. The molecule has 32 heavy (non-hydrogen) atoms. The molecule has 0 saturated heterocycles. The lowest BCUT2D eigenvalue weighted by atomic mass is 9.80. The first-order valence-electron chi connectivity index (χ1n) is 11.2. The number of rotatable bonds is 6. The van der Waals surface area contributed by atoms with E-state index in [1.807, 2.05) is 36.4 Å². The third-order valence-electron chi connectivity index (χ3n) is 5.56. The number of carbonyl (C=O) groups is 1. The zero-order valence-electron chi connectivity index (χ0n) is 20.4. The van der Waals surface area contributed by atoms with Gasteiger partial charge in [0, 0.05) is 16.4 Å². The Kier molecular flexibility index (Phi) is 7.25. The first-order valence-corrected chi connectivity index (χ1v) is 12.2. The zero-order valence-corrected chi connectivity index (χ0v) is 21.4. The van der Waals surface area contributed by atoms with Crippen molar-refractivity contribution in [3.05, 3.63) is 89.0 Å². The summed E-state index contributed by atoms with van der Waals surface area (Å²) in [6.07, 6.45) is 0. The molecule has 2 nitrogen and oxygen atoms in total. The summed E-state index contributed by atoms with van der Waals surface area (Å²) in [7, 11) is 0.340. The van der Waals surface area contributed by atoms with Crippen LogP contribution in [0.2, 0.25) is 0 Å². The number of Topliss-reactive ketones (excluding diaryl/α,β-unsaturated/α-hetero) is 1. The molecule has 3 rings (SSSR count). The van der Waals surface area contributed by atoms with Crippen LogP contribution in [0.5, 0.6) is 5.75 Å². The van der Waals surface area contributed by atoms with Crippen LogP contribution in [0.25, 0.3) is 0 Å². The zero-order chi connectivity index (χ0) is 23.5. The number of hydrogen-bond donors (Lipinski definition) is 0. The van der Waals surface area contributed by atoms with Crippen molar-refractivity contribution >= 4 is 25.0 Å². The van der Waals surface area contributed by atoms with Crippen molar-refractivity contribution in [3.63, 3.8) is 0 Å². The van der Waals surface area contributed by atoms with Crippen LogP contribution in [-0.4, -0.2) is 5.78 Å². The van der Waals surface area contributed by atoms with Crippen LogP contribution in [0, 0.1) is 0 Å². The molecule has 0 aliphatic heterocycles. The Morgan fingerprint density at radius 1 is 0.812 bits per heavy atom. The predicted octanol–water partition coefficient (Wildman–Crippen LogP) is 6.69. The van der Waals surface area contributed by atoms with E-state index in [4.69, 9.17) is 4.74 Å². The van der Waals surface area contributed by atoms with Gasteiger partial charge < -0.3 is 4.74 Å². The summed E-state index contributed by atoms with van der Waals surface area (Å²) in [5.41, 5.74) is 4.37. The summed E-state index contributed by atoms with van der Waals surface area (Å²) < 4.78 is 6.54. The van der Waals surface area contributed by atoms with E-state index in [1.165, 1.54) is 11.1 Å². The summed E-state index contributed by atoms with van der Waals surface area (Å²) in [6.45, 7) is 15.6. The van der Waals surface area contributed by atoms with Gasteiger partial charge in [-0.25, -0.2) is 0 Å². The van der Waals surface area contributed by atoms with Crippen LogP contribution < -0.4 is 15.3 Å². The van der Waals surface area contributed by atoms with Crippen LogP contribution in [0.3, 0.4) is 0 Å². The molecule has 3 aromatic rings. The van der Waals surface area contributed by atoms with Gasteiger partial charge in [-0.05, 0) is 40.3 Å². The van der Waals surface area contributed by atoms with Crippen molar-refractivity contribution < 1.29 is 9.53 Å². The van der Waals surface area contributed by atoms with Crippen molar-refractivity contribution in [3.8, 4) is 5.75 Å². The standard InChI is InChI=1S/C29H35O2P/c1-20(30)23-15-11-12-16-25(23)32-26-18-22(28(2,3)4)17-24(29(5,6)7)27(26)31-19-21-13-9-8-10-14-21/h8-18,32H,19H2,1-7H3. The molecule has 1 unspecified atom stereocenters. The molecule has 0 spiro atoms. The summed E-state index contributed by atoms with van der Waals surface area (Å²) in [4.78, 5) is 12.3. The molecule has 0 bridgehead atoms. The molecule has 3 aromatic carbocycles. The average Bonchev–Trinajstić information content (AvgIpc) is 2.72. The van der Waals surface area contributed by atoms with E-state index in [0.717, 1.165) is 27.5 Å². The maximum absolute atomic E-state index is 12.3. The Balaban J connectivity index is 2.16. The molecule has 0 heterocycles. The normalized spacial score (nSPS) is 12.3. The monoisotopic (exact) mass is 446 g/mol. The van der Waals surface area contributed by atoms with Crippen molar-refractivity contribution in [1.82, 2.24) is 0 Å². The number of ether oxygens (including phenoxy) is 1. The number of ketones is 1. The Bertz CT molecular complexity index is 1090. The second kappa shape index (κ2) is 9.59. The molecule has 0 fully saturated rings. The van der Waals surface area contributed by atoms with E-state index >= 15 is 0 Å². The van der Waals surface area contributed by atoms with Crippen LogP contribution >= 0.6 is 8.58 Å². The summed E-state index contributed by atoms with van der Waals surface area (Å²) in [5.74, 6) is 1.05. The fourth-order valence-electron chi connectivity index (χ4n) is 3.64. The van der Waals surface area contributed by atoms with E-state index in [-0.39, 0.29) is 16.6 Å². The topological polar surface area (TPSA) is 26.3 Å².